The van der Waals surface area contributed by atoms with E-state index in [1.54, 1.807) is 20.8 Å². The van der Waals surface area contributed by atoms with Crippen LogP contribution in [0, 0.1) is 5.41 Å². The molecule has 1 N–H and O–H groups in total. The van der Waals surface area contributed by atoms with Crippen molar-refractivity contribution >= 4 is 21.5 Å². The fourth-order valence-corrected chi connectivity index (χ4v) is 1.31. The van der Waals surface area contributed by atoms with Gasteiger partial charge in [0.2, 0.25) is 5.91 Å². The van der Waals surface area contributed by atoms with Gasteiger partial charge < -0.3 is 5.32 Å². The highest BCUT2D eigenvalue weighted by Crippen LogP contribution is 2.13. The number of ketones is 1. The van der Waals surface area contributed by atoms with Gasteiger partial charge in [-0.2, -0.15) is 0 Å². The number of Topliss-reactive ketones (excluding diaryl/α,β-unsaturated/α-hetero) is 1. The Hall–Kier alpha value is -0.910. The van der Waals surface area contributed by atoms with E-state index in [4.69, 9.17) is 0 Å². The average molecular weight is 235 g/mol. The highest BCUT2D eigenvalue weighted by atomic mass is 32.2. The van der Waals surface area contributed by atoms with Gasteiger partial charge in [0.05, 0.1) is 6.54 Å². The van der Waals surface area contributed by atoms with E-state index in [1.165, 1.54) is 0 Å². The third-order valence-corrected chi connectivity index (χ3v) is 2.46. The van der Waals surface area contributed by atoms with E-state index in [-0.39, 0.29) is 12.3 Å². The predicted molar refractivity (Wildman–Crippen MR) is 57.2 cm³/mol. The van der Waals surface area contributed by atoms with Gasteiger partial charge in [0.15, 0.2) is 15.6 Å². The predicted octanol–water partition coefficient (Wildman–Crippen LogP) is -0.238. The van der Waals surface area contributed by atoms with Gasteiger partial charge in [-0.1, -0.05) is 20.8 Å². The molecule has 15 heavy (non-hydrogen) atoms. The summed E-state index contributed by atoms with van der Waals surface area (Å²) in [4.78, 5) is 22.4. The minimum absolute atomic E-state index is 0.127. The van der Waals surface area contributed by atoms with Gasteiger partial charge in [0.1, 0.15) is 5.75 Å². The summed E-state index contributed by atoms with van der Waals surface area (Å²) in [6, 6.07) is 0. The molecule has 0 fully saturated rings. The van der Waals surface area contributed by atoms with Crippen LogP contribution in [0.2, 0.25) is 0 Å². The molecule has 0 saturated heterocycles. The van der Waals surface area contributed by atoms with Gasteiger partial charge >= 0.3 is 0 Å². The average Bonchev–Trinajstić information content (AvgIpc) is 1.94. The van der Waals surface area contributed by atoms with Crippen molar-refractivity contribution in [1.82, 2.24) is 5.32 Å². The second-order valence-electron chi connectivity index (χ2n) is 4.52. The van der Waals surface area contributed by atoms with Crippen LogP contribution in [0.4, 0.5) is 0 Å². The summed E-state index contributed by atoms with van der Waals surface area (Å²) in [5.74, 6) is -1.36. The maximum Gasteiger partial charge on any atom is 0.235 e. The van der Waals surface area contributed by atoms with Crippen LogP contribution in [0.1, 0.15) is 20.8 Å². The van der Waals surface area contributed by atoms with Crippen molar-refractivity contribution in [1.29, 1.82) is 0 Å². The lowest BCUT2D eigenvalue weighted by Crippen LogP contribution is -2.38. The summed E-state index contributed by atoms with van der Waals surface area (Å²) in [7, 11) is -3.33. The van der Waals surface area contributed by atoms with Gasteiger partial charge in [-0.15, -0.1) is 0 Å². The van der Waals surface area contributed by atoms with E-state index in [1.807, 2.05) is 0 Å². The van der Waals surface area contributed by atoms with Crippen molar-refractivity contribution in [2.75, 3.05) is 18.6 Å². The zero-order chi connectivity index (χ0) is 12.3. The van der Waals surface area contributed by atoms with Gasteiger partial charge in [-0.25, -0.2) is 8.42 Å². The first-order valence-electron chi connectivity index (χ1n) is 4.50. The van der Waals surface area contributed by atoms with E-state index in [9.17, 15) is 18.0 Å². The minimum Gasteiger partial charge on any atom is -0.348 e. The Morgan fingerprint density at radius 3 is 2.00 bits per heavy atom. The molecule has 5 nitrogen and oxygen atoms in total. The Kier molecular flexibility index (Phi) is 4.45. The normalized spacial score (nSPS) is 12.3. The van der Waals surface area contributed by atoms with Crippen LogP contribution in [-0.2, 0) is 19.4 Å². The molecule has 6 heteroatoms. The first-order chi connectivity index (χ1) is 6.52. The smallest absolute Gasteiger partial charge is 0.235 e. The Bertz CT molecular complexity index is 351. The van der Waals surface area contributed by atoms with Crippen LogP contribution < -0.4 is 5.32 Å². The van der Waals surface area contributed by atoms with Gasteiger partial charge in [0.25, 0.3) is 0 Å². The molecule has 0 aromatic heterocycles. The molecule has 0 bridgehead atoms. The molecule has 0 heterocycles. The second kappa shape index (κ2) is 4.74. The molecule has 0 aliphatic rings. The van der Waals surface area contributed by atoms with Crippen LogP contribution in [0.25, 0.3) is 0 Å². The fourth-order valence-electron chi connectivity index (χ4n) is 0.733. The van der Waals surface area contributed by atoms with E-state index >= 15 is 0 Å². The molecule has 1 amide bonds. The van der Waals surface area contributed by atoms with E-state index in [2.05, 4.69) is 5.32 Å². The van der Waals surface area contributed by atoms with E-state index in [0.717, 1.165) is 6.26 Å². The first kappa shape index (κ1) is 14.1. The van der Waals surface area contributed by atoms with Crippen molar-refractivity contribution < 1.29 is 18.0 Å². The standard InChI is InChI=1S/C9H17NO4S/c1-9(2,3)7(11)5-10-8(12)6-15(4,13)14/h5-6H2,1-4H3,(H,10,12). The van der Waals surface area contributed by atoms with Crippen LogP contribution in [0.3, 0.4) is 0 Å². The molecule has 0 saturated carbocycles. The SMILES string of the molecule is CC(C)(C)C(=O)CNC(=O)CS(C)(=O)=O. The zero-order valence-electron chi connectivity index (χ0n) is 9.46. The summed E-state index contributed by atoms with van der Waals surface area (Å²) in [6.45, 7) is 5.08. The number of amides is 1. The van der Waals surface area contributed by atoms with Crippen molar-refractivity contribution in [3.05, 3.63) is 0 Å². The van der Waals surface area contributed by atoms with Crippen LogP contribution in [0.5, 0.6) is 0 Å². The topological polar surface area (TPSA) is 80.3 Å². The van der Waals surface area contributed by atoms with Crippen LogP contribution >= 0.6 is 0 Å². The molecule has 88 valence electrons. The first-order valence-corrected chi connectivity index (χ1v) is 6.56. The lowest BCUT2D eigenvalue weighted by atomic mass is 9.91. The Morgan fingerprint density at radius 1 is 1.20 bits per heavy atom. The van der Waals surface area contributed by atoms with Crippen molar-refractivity contribution in [2.45, 2.75) is 20.8 Å². The molecule has 0 spiro atoms. The highest BCUT2D eigenvalue weighted by Gasteiger charge is 2.21. The minimum atomic E-state index is -3.33. The quantitative estimate of drug-likeness (QED) is 0.729. The Balaban J connectivity index is 4.09. The lowest BCUT2D eigenvalue weighted by molar-refractivity contribution is -0.128. The van der Waals surface area contributed by atoms with Crippen molar-refractivity contribution in [3.8, 4) is 0 Å². The number of sulfone groups is 1. The second-order valence-corrected chi connectivity index (χ2v) is 6.66. The third-order valence-electron chi connectivity index (χ3n) is 1.68. The molecule has 0 aromatic carbocycles. The maximum absolute atomic E-state index is 11.4. The summed E-state index contributed by atoms with van der Waals surface area (Å²) in [6.07, 6.45) is 0.970. The molecule has 0 rings (SSSR count). The number of rotatable bonds is 4. The number of carbonyl (C=O) groups is 2. The van der Waals surface area contributed by atoms with E-state index in [0.29, 0.717) is 0 Å². The lowest BCUT2D eigenvalue weighted by Gasteiger charge is -2.16. The summed E-state index contributed by atoms with van der Waals surface area (Å²) >= 11 is 0. The van der Waals surface area contributed by atoms with Crippen LogP contribution in [-0.4, -0.2) is 38.7 Å². The van der Waals surface area contributed by atoms with Crippen molar-refractivity contribution in [3.63, 3.8) is 0 Å². The molecule has 0 aliphatic carbocycles. The summed E-state index contributed by atoms with van der Waals surface area (Å²) in [5, 5.41) is 2.28. The molecular formula is C9H17NO4S. The maximum atomic E-state index is 11.4. The van der Waals surface area contributed by atoms with Crippen LogP contribution in [0.15, 0.2) is 0 Å². The molecular weight excluding hydrogens is 218 g/mol. The molecule has 0 radical (unpaired) electrons. The summed E-state index contributed by atoms with van der Waals surface area (Å²) < 4.78 is 21.5. The summed E-state index contributed by atoms with van der Waals surface area (Å²) in [5.41, 5.74) is -0.529. The number of carbonyl (C=O) groups excluding carboxylic acids is 2. The molecule has 0 atom stereocenters. The highest BCUT2D eigenvalue weighted by molar-refractivity contribution is 7.91. The molecule has 0 aliphatic heterocycles. The number of nitrogens with one attached hydrogen (secondary N) is 1. The Labute approximate surface area is 90.2 Å². The number of hydrogen-bond acceptors (Lipinski definition) is 4. The zero-order valence-corrected chi connectivity index (χ0v) is 10.3. The number of hydrogen-bond donors (Lipinski definition) is 1. The fraction of sp³-hybridized carbons (Fsp3) is 0.778. The Morgan fingerprint density at radius 2 is 1.67 bits per heavy atom. The monoisotopic (exact) mass is 235 g/mol. The van der Waals surface area contributed by atoms with E-state index < -0.39 is 26.9 Å². The third kappa shape index (κ3) is 7.07. The molecule has 0 aromatic rings. The van der Waals surface area contributed by atoms with Gasteiger partial charge in [0, 0.05) is 11.7 Å². The van der Waals surface area contributed by atoms with Crippen molar-refractivity contribution in [2.24, 2.45) is 5.41 Å². The molecule has 0 unspecified atom stereocenters. The largest absolute Gasteiger partial charge is 0.348 e. The van der Waals surface area contributed by atoms with Gasteiger partial charge in [-0.3, -0.25) is 9.59 Å². The van der Waals surface area contributed by atoms with Gasteiger partial charge in [-0.05, 0) is 0 Å².